The largest absolute Gasteiger partial charge is 0.496 e. The number of hydrogen-bond acceptors (Lipinski definition) is 8. The Morgan fingerprint density at radius 3 is 2.70 bits per heavy atom. The molecule has 0 aliphatic carbocycles. The van der Waals surface area contributed by atoms with Crippen molar-refractivity contribution in [2.24, 2.45) is 0 Å². The summed E-state index contributed by atoms with van der Waals surface area (Å²) in [4.78, 5) is 48.9. The zero-order valence-corrected chi connectivity index (χ0v) is 18.9. The Labute approximate surface area is 198 Å². The summed E-state index contributed by atoms with van der Waals surface area (Å²) in [6.45, 7) is 0.0203. The molecule has 3 rings (SSSR count). The molecule has 0 bridgehead atoms. The fourth-order valence-corrected chi connectivity index (χ4v) is 4.15. The molecule has 0 atom stereocenters. The highest BCUT2D eigenvalue weighted by Gasteiger charge is 2.32. The number of non-ortho nitro benzene ring substituents is 1. The average molecular weight is 487 g/mol. The van der Waals surface area contributed by atoms with Gasteiger partial charge >= 0.3 is 0 Å². The summed E-state index contributed by atoms with van der Waals surface area (Å²) in [5.41, 5.74) is 4.91. The van der Waals surface area contributed by atoms with Crippen molar-refractivity contribution in [3.8, 4) is 5.75 Å². The number of nitrogens with zero attached hydrogens (tertiary/aromatic N) is 2. The van der Waals surface area contributed by atoms with Gasteiger partial charge in [-0.05, 0) is 18.2 Å². The Morgan fingerprint density at radius 2 is 1.97 bits per heavy atom. The normalized spacial score (nSPS) is 14.3. The number of hydrogen-bond donors (Lipinski definition) is 2. The molecule has 0 saturated carbocycles. The van der Waals surface area contributed by atoms with Gasteiger partial charge < -0.3 is 4.74 Å². The van der Waals surface area contributed by atoms with Crippen molar-refractivity contribution in [2.45, 2.75) is 6.42 Å². The Kier molecular flexibility index (Phi) is 7.74. The zero-order valence-electron chi connectivity index (χ0n) is 17.3. The topological polar surface area (TPSA) is 131 Å². The van der Waals surface area contributed by atoms with E-state index in [0.29, 0.717) is 15.0 Å². The molecule has 1 aliphatic rings. The third kappa shape index (κ3) is 5.93. The number of nitro groups is 1. The Bertz CT molecular complexity index is 1170. The second-order valence-electron chi connectivity index (χ2n) is 6.64. The van der Waals surface area contributed by atoms with E-state index in [2.05, 4.69) is 10.9 Å². The van der Waals surface area contributed by atoms with Gasteiger partial charge in [-0.2, -0.15) is 0 Å². The van der Waals surface area contributed by atoms with Gasteiger partial charge in [0.05, 0.1) is 16.9 Å². The summed E-state index contributed by atoms with van der Waals surface area (Å²) >= 11 is 6.39. The van der Waals surface area contributed by atoms with Gasteiger partial charge in [0.2, 0.25) is 5.91 Å². The molecule has 0 radical (unpaired) electrons. The molecule has 0 aromatic heterocycles. The summed E-state index contributed by atoms with van der Waals surface area (Å²) < 4.78 is 5.60. The van der Waals surface area contributed by atoms with E-state index < -0.39 is 16.7 Å². The number of para-hydroxylation sites is 1. The summed E-state index contributed by atoms with van der Waals surface area (Å²) in [7, 11) is 1.54. The monoisotopic (exact) mass is 486 g/mol. The van der Waals surface area contributed by atoms with Crippen molar-refractivity contribution in [1.82, 2.24) is 15.8 Å². The van der Waals surface area contributed by atoms with Crippen LogP contribution in [0.2, 0.25) is 0 Å². The molecule has 10 nitrogen and oxygen atoms in total. The van der Waals surface area contributed by atoms with Gasteiger partial charge in [-0.3, -0.25) is 40.2 Å². The number of thioether (sulfide) groups is 1. The summed E-state index contributed by atoms with van der Waals surface area (Å²) in [6, 6.07) is 12.3. The molecule has 3 amide bonds. The molecule has 170 valence electrons. The smallest absolute Gasteiger partial charge is 0.270 e. The van der Waals surface area contributed by atoms with Crippen LogP contribution < -0.4 is 15.6 Å². The number of amides is 3. The number of carbonyl (C=O) groups is 3. The molecule has 2 aromatic rings. The van der Waals surface area contributed by atoms with Crippen molar-refractivity contribution in [1.29, 1.82) is 0 Å². The molecule has 0 spiro atoms. The highest BCUT2D eigenvalue weighted by molar-refractivity contribution is 8.26. The predicted octanol–water partition coefficient (Wildman–Crippen LogP) is 2.66. The molecule has 2 N–H and O–H groups in total. The minimum Gasteiger partial charge on any atom is -0.496 e. The van der Waals surface area contributed by atoms with Crippen LogP contribution in [0.1, 0.15) is 22.3 Å². The Balaban J connectivity index is 1.55. The minimum absolute atomic E-state index is 0.0166. The van der Waals surface area contributed by atoms with E-state index in [0.717, 1.165) is 23.4 Å². The van der Waals surface area contributed by atoms with E-state index in [1.165, 1.54) is 30.2 Å². The maximum absolute atomic E-state index is 12.7. The average Bonchev–Trinajstić information content (AvgIpc) is 3.08. The number of nitro benzene ring substituents is 1. The van der Waals surface area contributed by atoms with Crippen LogP contribution in [0, 0.1) is 10.1 Å². The zero-order chi connectivity index (χ0) is 24.0. The molecular weight excluding hydrogens is 468 g/mol. The summed E-state index contributed by atoms with van der Waals surface area (Å²) in [5.74, 6) is -0.986. The number of methoxy groups -OCH3 is 1. The molecule has 2 aromatic carbocycles. The second kappa shape index (κ2) is 10.7. The number of hydrazine groups is 1. The first-order valence-corrected chi connectivity index (χ1v) is 10.7. The molecule has 1 heterocycles. The predicted molar refractivity (Wildman–Crippen MR) is 126 cm³/mol. The van der Waals surface area contributed by atoms with Crippen molar-refractivity contribution in [3.63, 3.8) is 0 Å². The molecular formula is C21H18N4O6S2. The molecule has 1 fully saturated rings. The third-order valence-electron chi connectivity index (χ3n) is 4.50. The quantitative estimate of drug-likeness (QED) is 0.264. The third-order valence-corrected chi connectivity index (χ3v) is 5.87. The molecule has 0 unspecified atom stereocenters. The molecule has 12 heteroatoms. The molecule has 1 aliphatic heterocycles. The van der Waals surface area contributed by atoms with Gasteiger partial charge in [0, 0.05) is 36.2 Å². The number of thiocarbonyl (C=S) groups is 1. The Hall–Kier alpha value is -3.77. The fourth-order valence-electron chi connectivity index (χ4n) is 2.85. The van der Waals surface area contributed by atoms with Gasteiger partial charge in [-0.25, -0.2) is 0 Å². The highest BCUT2D eigenvalue weighted by Crippen LogP contribution is 2.34. The van der Waals surface area contributed by atoms with Crippen LogP contribution in [0.25, 0.3) is 6.08 Å². The lowest BCUT2D eigenvalue weighted by atomic mass is 10.2. The number of rotatable bonds is 7. The number of carbonyl (C=O) groups excluding carboxylic acids is 3. The first-order chi connectivity index (χ1) is 15.8. The number of benzene rings is 2. The van der Waals surface area contributed by atoms with E-state index in [4.69, 9.17) is 17.0 Å². The van der Waals surface area contributed by atoms with Crippen LogP contribution in [-0.4, -0.2) is 45.5 Å². The summed E-state index contributed by atoms with van der Waals surface area (Å²) in [6.07, 6.45) is 1.56. The van der Waals surface area contributed by atoms with Crippen LogP contribution in [0.15, 0.2) is 53.4 Å². The van der Waals surface area contributed by atoms with Crippen molar-refractivity contribution in [3.05, 3.63) is 74.7 Å². The van der Waals surface area contributed by atoms with Crippen LogP contribution >= 0.6 is 24.0 Å². The van der Waals surface area contributed by atoms with Crippen LogP contribution in [0.3, 0.4) is 0 Å². The van der Waals surface area contributed by atoms with Crippen LogP contribution in [-0.2, 0) is 9.59 Å². The first-order valence-electron chi connectivity index (χ1n) is 9.52. The van der Waals surface area contributed by atoms with E-state index in [1.54, 1.807) is 12.1 Å². The van der Waals surface area contributed by atoms with Crippen molar-refractivity contribution >= 4 is 57.8 Å². The second-order valence-corrected chi connectivity index (χ2v) is 8.31. The van der Waals surface area contributed by atoms with Crippen molar-refractivity contribution < 1.29 is 24.0 Å². The highest BCUT2D eigenvalue weighted by atomic mass is 32.2. The van der Waals surface area contributed by atoms with E-state index in [1.807, 2.05) is 18.2 Å². The lowest BCUT2D eigenvalue weighted by Crippen LogP contribution is -2.43. The van der Waals surface area contributed by atoms with Crippen molar-refractivity contribution in [2.75, 3.05) is 13.7 Å². The summed E-state index contributed by atoms with van der Waals surface area (Å²) in [5, 5.41) is 10.8. The number of ether oxygens (including phenoxy) is 1. The van der Waals surface area contributed by atoms with Gasteiger partial charge in [0.25, 0.3) is 17.5 Å². The standard InChI is InChI=1S/C21H18N4O6S2/c1-31-16-8-3-2-5-13(16)12-17-20(28)24(21(32)33-17)10-9-18(26)22-23-19(27)14-6-4-7-15(11-14)25(29)30/h2-8,11-12H,9-10H2,1H3,(H,22,26)(H,23,27). The van der Waals surface area contributed by atoms with Crippen LogP contribution in [0.4, 0.5) is 5.69 Å². The minimum atomic E-state index is -0.711. The maximum Gasteiger partial charge on any atom is 0.270 e. The van der Waals surface area contributed by atoms with E-state index >= 15 is 0 Å². The molecule has 33 heavy (non-hydrogen) atoms. The molecule has 1 saturated heterocycles. The first kappa shape index (κ1) is 23.9. The SMILES string of the molecule is COc1ccccc1C=C1SC(=S)N(CCC(=O)NNC(=O)c2cccc([N+](=O)[O-])c2)C1=O. The van der Waals surface area contributed by atoms with E-state index in [9.17, 15) is 24.5 Å². The fraction of sp³-hybridized carbons (Fsp3) is 0.143. The van der Waals surface area contributed by atoms with Gasteiger partial charge in [0.1, 0.15) is 10.1 Å². The van der Waals surface area contributed by atoms with E-state index in [-0.39, 0.29) is 30.1 Å². The van der Waals surface area contributed by atoms with Gasteiger partial charge in [-0.1, -0.05) is 48.2 Å². The number of nitrogens with one attached hydrogen (secondary N) is 2. The lowest BCUT2D eigenvalue weighted by molar-refractivity contribution is -0.384. The van der Waals surface area contributed by atoms with Gasteiger partial charge in [-0.15, -0.1) is 0 Å². The van der Waals surface area contributed by atoms with Crippen LogP contribution in [0.5, 0.6) is 5.75 Å². The maximum atomic E-state index is 12.7. The van der Waals surface area contributed by atoms with Gasteiger partial charge in [0.15, 0.2) is 0 Å². The Morgan fingerprint density at radius 1 is 1.21 bits per heavy atom. The lowest BCUT2D eigenvalue weighted by Gasteiger charge is -2.14.